The van der Waals surface area contributed by atoms with Crippen molar-refractivity contribution in [2.24, 2.45) is 0 Å². The van der Waals surface area contributed by atoms with Crippen molar-refractivity contribution in [3.63, 3.8) is 0 Å². The van der Waals surface area contributed by atoms with Crippen molar-refractivity contribution < 1.29 is 14.0 Å². The highest BCUT2D eigenvalue weighted by atomic mass is 19.1. The van der Waals surface area contributed by atoms with E-state index in [2.05, 4.69) is 0 Å². The van der Waals surface area contributed by atoms with Crippen LogP contribution in [0.5, 0.6) is 0 Å². The quantitative estimate of drug-likeness (QED) is 0.798. The molecule has 0 fully saturated rings. The molecule has 3 nitrogen and oxygen atoms in total. The van der Waals surface area contributed by atoms with Gasteiger partial charge in [-0.3, -0.25) is 9.59 Å². The van der Waals surface area contributed by atoms with Crippen molar-refractivity contribution >= 4 is 17.4 Å². The predicted octanol–water partition coefficient (Wildman–Crippen LogP) is 3.99. The lowest BCUT2D eigenvalue weighted by atomic mass is 9.78. The molecule has 0 aromatic heterocycles. The number of halogens is 1. The molecule has 2 aromatic carbocycles. The molecule has 2 aliphatic rings. The second-order valence-electron chi connectivity index (χ2n) is 6.16. The fourth-order valence-electron chi connectivity index (χ4n) is 4.04. The first-order chi connectivity index (χ1) is 11.1. The summed E-state index contributed by atoms with van der Waals surface area (Å²) in [5.41, 5.74) is 2.86. The Balaban J connectivity index is 1.96. The third-order valence-electron chi connectivity index (χ3n) is 4.92. The number of rotatable bonds is 1. The van der Waals surface area contributed by atoms with Crippen LogP contribution in [0.25, 0.3) is 0 Å². The van der Waals surface area contributed by atoms with Crippen LogP contribution in [0.4, 0.5) is 10.1 Å². The van der Waals surface area contributed by atoms with Crippen molar-refractivity contribution in [3.05, 3.63) is 65.0 Å². The molecular formula is C19H16FNO2. The van der Waals surface area contributed by atoms with E-state index < -0.39 is 0 Å². The summed E-state index contributed by atoms with van der Waals surface area (Å²) in [4.78, 5) is 26.2. The maximum absolute atomic E-state index is 14.4. The lowest BCUT2D eigenvalue weighted by Crippen LogP contribution is -2.32. The molecule has 0 radical (unpaired) electrons. The van der Waals surface area contributed by atoms with E-state index in [1.165, 1.54) is 13.0 Å². The van der Waals surface area contributed by atoms with Crippen molar-refractivity contribution in [2.75, 3.05) is 4.90 Å². The zero-order valence-electron chi connectivity index (χ0n) is 12.8. The van der Waals surface area contributed by atoms with Crippen LogP contribution in [0.1, 0.15) is 53.2 Å². The zero-order chi connectivity index (χ0) is 16.1. The third kappa shape index (κ3) is 1.94. The number of carbonyl (C=O) groups is 2. The maximum atomic E-state index is 14.4. The van der Waals surface area contributed by atoms with Gasteiger partial charge < -0.3 is 4.90 Å². The highest BCUT2D eigenvalue weighted by molar-refractivity contribution is 6.04. The number of nitrogens with zero attached hydrogens (tertiary/aromatic N) is 1. The van der Waals surface area contributed by atoms with Gasteiger partial charge in [-0.15, -0.1) is 0 Å². The molecule has 4 heteroatoms. The summed E-state index contributed by atoms with van der Waals surface area (Å²) >= 11 is 0. The van der Waals surface area contributed by atoms with Gasteiger partial charge in [-0.1, -0.05) is 30.3 Å². The number of benzene rings is 2. The van der Waals surface area contributed by atoms with E-state index in [4.69, 9.17) is 0 Å². The zero-order valence-corrected chi connectivity index (χ0v) is 12.8. The summed E-state index contributed by atoms with van der Waals surface area (Å²) < 4.78 is 14.4. The second-order valence-corrected chi connectivity index (χ2v) is 6.16. The molecule has 2 atom stereocenters. The summed E-state index contributed by atoms with van der Waals surface area (Å²) in [7, 11) is 0. The Hall–Kier alpha value is -2.49. The smallest absolute Gasteiger partial charge is 0.224 e. The molecule has 0 saturated heterocycles. The molecule has 2 unspecified atom stereocenters. The van der Waals surface area contributed by atoms with Crippen LogP contribution >= 0.6 is 0 Å². The first-order valence-electron chi connectivity index (χ1n) is 7.80. The van der Waals surface area contributed by atoms with E-state index in [1.54, 1.807) is 29.2 Å². The lowest BCUT2D eigenvalue weighted by molar-refractivity contribution is -0.117. The van der Waals surface area contributed by atoms with Gasteiger partial charge in [0.2, 0.25) is 5.91 Å². The molecule has 23 heavy (non-hydrogen) atoms. The lowest BCUT2D eigenvalue weighted by Gasteiger charge is -2.29. The number of hydrogen-bond donors (Lipinski definition) is 0. The summed E-state index contributed by atoms with van der Waals surface area (Å²) in [6.45, 7) is 1.49. The molecule has 0 bridgehead atoms. The summed E-state index contributed by atoms with van der Waals surface area (Å²) in [5.74, 6) is -0.362. The topological polar surface area (TPSA) is 37.4 Å². The molecule has 1 aliphatic carbocycles. The highest BCUT2D eigenvalue weighted by Crippen LogP contribution is 2.54. The van der Waals surface area contributed by atoms with Gasteiger partial charge in [-0.25, -0.2) is 4.39 Å². The average molecular weight is 309 g/mol. The number of Topliss-reactive ketones (excluding diaryl/α,β-unsaturated/α-hetero) is 1. The van der Waals surface area contributed by atoms with E-state index in [0.717, 1.165) is 11.3 Å². The van der Waals surface area contributed by atoms with E-state index >= 15 is 0 Å². The summed E-state index contributed by atoms with van der Waals surface area (Å²) in [5, 5.41) is 0. The minimum absolute atomic E-state index is 0.0281. The van der Waals surface area contributed by atoms with Crippen molar-refractivity contribution in [1.82, 2.24) is 0 Å². The Morgan fingerprint density at radius 3 is 2.70 bits per heavy atom. The molecule has 1 amide bonds. The van der Waals surface area contributed by atoms with Gasteiger partial charge in [0.25, 0.3) is 0 Å². The summed E-state index contributed by atoms with van der Waals surface area (Å²) in [6.07, 6.45) is 1.09. The Kier molecular flexibility index (Phi) is 3.08. The van der Waals surface area contributed by atoms with Gasteiger partial charge in [0.15, 0.2) is 5.78 Å². The first kappa shape index (κ1) is 14.1. The van der Waals surface area contributed by atoms with Crippen LogP contribution in [0, 0.1) is 5.82 Å². The average Bonchev–Trinajstić information content (AvgIpc) is 2.87. The van der Waals surface area contributed by atoms with Crippen LogP contribution in [0.3, 0.4) is 0 Å². The Bertz CT molecular complexity index is 830. The van der Waals surface area contributed by atoms with Crippen LogP contribution in [-0.4, -0.2) is 11.7 Å². The Morgan fingerprint density at radius 1 is 1.17 bits per heavy atom. The molecule has 4 rings (SSSR count). The van der Waals surface area contributed by atoms with Gasteiger partial charge in [-0.05, 0) is 24.1 Å². The van der Waals surface area contributed by atoms with Crippen molar-refractivity contribution in [1.29, 1.82) is 0 Å². The van der Waals surface area contributed by atoms with Gasteiger partial charge in [0.1, 0.15) is 5.82 Å². The largest absolute Gasteiger partial charge is 0.304 e. The maximum Gasteiger partial charge on any atom is 0.224 e. The highest BCUT2D eigenvalue weighted by Gasteiger charge is 2.46. The Labute approximate surface area is 133 Å². The number of amides is 1. The molecule has 1 aliphatic heterocycles. The number of carbonyl (C=O) groups excluding carboxylic acids is 2. The van der Waals surface area contributed by atoms with Gasteiger partial charge in [-0.2, -0.15) is 0 Å². The molecule has 1 heterocycles. The molecule has 0 saturated carbocycles. The SMILES string of the molecule is CC(=O)N1c2cccc3c2C(CCC3=O)C1c1ccccc1F. The van der Waals surface area contributed by atoms with Crippen molar-refractivity contribution in [2.45, 2.75) is 31.7 Å². The minimum Gasteiger partial charge on any atom is -0.304 e. The number of hydrogen-bond acceptors (Lipinski definition) is 2. The predicted molar refractivity (Wildman–Crippen MR) is 85.0 cm³/mol. The first-order valence-corrected chi connectivity index (χ1v) is 7.80. The fourth-order valence-corrected chi connectivity index (χ4v) is 4.04. The van der Waals surface area contributed by atoms with E-state index in [-0.39, 0.29) is 29.5 Å². The summed E-state index contributed by atoms with van der Waals surface area (Å²) in [6, 6.07) is 11.7. The van der Waals surface area contributed by atoms with Crippen LogP contribution in [0.15, 0.2) is 42.5 Å². The van der Waals surface area contributed by atoms with Crippen molar-refractivity contribution in [3.8, 4) is 0 Å². The van der Waals surface area contributed by atoms with Crippen LogP contribution < -0.4 is 4.90 Å². The van der Waals surface area contributed by atoms with Gasteiger partial charge >= 0.3 is 0 Å². The molecule has 2 aromatic rings. The normalized spacial score (nSPS) is 22.2. The molecule has 0 spiro atoms. The third-order valence-corrected chi connectivity index (χ3v) is 4.92. The van der Waals surface area contributed by atoms with Gasteiger partial charge in [0.05, 0.1) is 6.04 Å². The standard InChI is InChI=1S/C19H16FNO2/c1-11(22)21-16-8-4-6-13-17(23)10-9-14(18(13)16)19(21)12-5-2-3-7-15(12)20/h2-8,14,19H,9-10H2,1H3. The second kappa shape index (κ2) is 5.01. The molecule has 0 N–H and O–H groups in total. The number of anilines is 1. The monoisotopic (exact) mass is 309 g/mol. The van der Waals surface area contributed by atoms with E-state index in [1.807, 2.05) is 12.1 Å². The Morgan fingerprint density at radius 2 is 1.96 bits per heavy atom. The van der Waals surface area contributed by atoms with Crippen LogP contribution in [-0.2, 0) is 4.79 Å². The fraction of sp³-hybridized carbons (Fsp3) is 0.263. The van der Waals surface area contributed by atoms with Gasteiger partial charge in [0, 0.05) is 36.1 Å². The minimum atomic E-state index is -0.377. The molecular weight excluding hydrogens is 293 g/mol. The number of ketones is 1. The molecule has 116 valence electrons. The van der Waals surface area contributed by atoms with E-state index in [9.17, 15) is 14.0 Å². The van der Waals surface area contributed by atoms with Crippen LogP contribution in [0.2, 0.25) is 0 Å². The van der Waals surface area contributed by atoms with E-state index in [0.29, 0.717) is 24.0 Å².